The van der Waals surface area contributed by atoms with E-state index in [1.165, 1.54) is 0 Å². The second-order valence-electron chi connectivity index (χ2n) is 6.61. The van der Waals surface area contributed by atoms with Crippen LogP contribution in [0.2, 0.25) is 5.02 Å². The second kappa shape index (κ2) is 6.92. The Morgan fingerprint density at radius 3 is 2.54 bits per heavy atom. The molecule has 1 aliphatic carbocycles. The quantitative estimate of drug-likeness (QED) is 0.656. The van der Waals surface area contributed by atoms with Crippen molar-refractivity contribution in [1.29, 1.82) is 0 Å². The molecule has 5 nitrogen and oxygen atoms in total. The van der Waals surface area contributed by atoms with Crippen molar-refractivity contribution in [3.8, 4) is 11.3 Å². The average molecular weight is 366 g/mol. The highest BCUT2D eigenvalue weighted by molar-refractivity contribution is 6.31. The number of aromatic nitrogens is 3. The zero-order valence-electron chi connectivity index (χ0n) is 14.8. The number of hydrogen-bond donors (Lipinski definition) is 2. The molecule has 26 heavy (non-hydrogen) atoms. The Morgan fingerprint density at radius 2 is 1.81 bits per heavy atom. The summed E-state index contributed by atoms with van der Waals surface area (Å²) in [5.41, 5.74) is 4.96. The molecule has 0 aliphatic heterocycles. The molecule has 0 bridgehead atoms. The van der Waals surface area contributed by atoms with Crippen LogP contribution in [0.3, 0.4) is 0 Å². The second-order valence-corrected chi connectivity index (χ2v) is 7.01. The summed E-state index contributed by atoms with van der Waals surface area (Å²) in [6.07, 6.45) is 5.86. The van der Waals surface area contributed by atoms with E-state index >= 15 is 0 Å². The Morgan fingerprint density at radius 1 is 1.04 bits per heavy atom. The van der Waals surface area contributed by atoms with E-state index in [1.807, 2.05) is 37.3 Å². The third-order valence-electron chi connectivity index (χ3n) is 4.47. The van der Waals surface area contributed by atoms with Gasteiger partial charge in [0, 0.05) is 40.8 Å². The van der Waals surface area contributed by atoms with Crippen molar-refractivity contribution in [2.45, 2.75) is 32.7 Å². The Labute approximate surface area is 157 Å². The van der Waals surface area contributed by atoms with Crippen LogP contribution >= 0.6 is 11.6 Å². The summed E-state index contributed by atoms with van der Waals surface area (Å²) in [6, 6.07) is 10.2. The topological polar surface area (TPSA) is 62.7 Å². The van der Waals surface area contributed by atoms with E-state index in [9.17, 15) is 0 Å². The molecule has 132 valence electrons. The molecule has 2 heterocycles. The van der Waals surface area contributed by atoms with Crippen molar-refractivity contribution >= 4 is 29.1 Å². The van der Waals surface area contributed by atoms with Crippen molar-refractivity contribution in [2.75, 3.05) is 10.6 Å². The Kier molecular flexibility index (Phi) is 4.47. The molecule has 1 aromatic carbocycles. The molecule has 1 fully saturated rings. The number of nitrogens with zero attached hydrogens (tertiary/aromatic N) is 3. The molecule has 2 N–H and O–H groups in total. The molecule has 2 aromatic heterocycles. The van der Waals surface area contributed by atoms with E-state index in [0.717, 1.165) is 51.8 Å². The summed E-state index contributed by atoms with van der Waals surface area (Å²) in [5.74, 6) is 1.38. The minimum Gasteiger partial charge on any atom is -0.351 e. The number of nitrogens with one attached hydrogen (secondary N) is 2. The standard InChI is InChI=1S/C20H20ClN5/c1-12-3-6-16(21)13(2)19(12)25-18-11-17(14-7-9-22-10-8-14)24-20(26-18)23-15-4-5-15/h3,6-11,15H,4-5H2,1-2H3,(H2,23,24,25,26). The predicted molar refractivity (Wildman–Crippen MR) is 106 cm³/mol. The Balaban J connectivity index is 1.74. The molecular weight excluding hydrogens is 346 g/mol. The number of halogens is 1. The van der Waals surface area contributed by atoms with E-state index in [1.54, 1.807) is 12.4 Å². The fraction of sp³-hybridized carbons (Fsp3) is 0.250. The minimum atomic E-state index is 0.477. The smallest absolute Gasteiger partial charge is 0.225 e. The lowest BCUT2D eigenvalue weighted by atomic mass is 10.1. The minimum absolute atomic E-state index is 0.477. The molecule has 1 saturated carbocycles. The summed E-state index contributed by atoms with van der Waals surface area (Å²) < 4.78 is 0. The number of rotatable bonds is 5. The molecule has 1 aliphatic rings. The first-order valence-corrected chi connectivity index (χ1v) is 9.06. The van der Waals surface area contributed by atoms with Gasteiger partial charge in [-0.2, -0.15) is 4.98 Å². The first-order chi connectivity index (χ1) is 12.6. The van der Waals surface area contributed by atoms with Gasteiger partial charge in [-0.25, -0.2) is 4.98 Å². The summed E-state index contributed by atoms with van der Waals surface area (Å²) in [7, 11) is 0. The van der Waals surface area contributed by atoms with E-state index < -0.39 is 0 Å². The van der Waals surface area contributed by atoms with E-state index in [0.29, 0.717) is 12.0 Å². The monoisotopic (exact) mass is 365 g/mol. The molecule has 4 rings (SSSR count). The van der Waals surface area contributed by atoms with Gasteiger partial charge in [0.2, 0.25) is 5.95 Å². The normalized spacial score (nSPS) is 13.5. The van der Waals surface area contributed by atoms with Crippen LogP contribution in [-0.4, -0.2) is 21.0 Å². The number of anilines is 3. The number of aryl methyl sites for hydroxylation is 1. The lowest BCUT2D eigenvalue weighted by molar-refractivity contribution is 1.06. The maximum absolute atomic E-state index is 6.30. The van der Waals surface area contributed by atoms with Crippen LogP contribution in [0.25, 0.3) is 11.3 Å². The largest absolute Gasteiger partial charge is 0.351 e. The van der Waals surface area contributed by atoms with Crippen LogP contribution in [0.15, 0.2) is 42.7 Å². The summed E-state index contributed by atoms with van der Waals surface area (Å²) in [5, 5.41) is 7.56. The van der Waals surface area contributed by atoms with Crippen molar-refractivity contribution in [3.05, 3.63) is 58.9 Å². The van der Waals surface area contributed by atoms with Gasteiger partial charge in [0.25, 0.3) is 0 Å². The Bertz CT molecular complexity index is 938. The van der Waals surface area contributed by atoms with Gasteiger partial charge < -0.3 is 10.6 Å². The molecule has 0 spiro atoms. The van der Waals surface area contributed by atoms with Crippen LogP contribution in [-0.2, 0) is 0 Å². The van der Waals surface area contributed by atoms with Gasteiger partial charge in [0.05, 0.1) is 5.69 Å². The number of pyridine rings is 1. The van der Waals surface area contributed by atoms with Crippen molar-refractivity contribution in [1.82, 2.24) is 15.0 Å². The first-order valence-electron chi connectivity index (χ1n) is 8.69. The molecular formula is C20H20ClN5. The number of hydrogen-bond acceptors (Lipinski definition) is 5. The molecule has 3 aromatic rings. The van der Waals surface area contributed by atoms with Crippen molar-refractivity contribution in [2.24, 2.45) is 0 Å². The van der Waals surface area contributed by atoms with E-state index in [-0.39, 0.29) is 0 Å². The highest BCUT2D eigenvalue weighted by Gasteiger charge is 2.22. The predicted octanol–water partition coefficient (Wildman–Crippen LogP) is 5.13. The SMILES string of the molecule is Cc1ccc(Cl)c(C)c1Nc1cc(-c2ccncc2)nc(NC2CC2)n1. The lowest BCUT2D eigenvalue weighted by Crippen LogP contribution is -2.08. The van der Waals surface area contributed by atoms with Crippen molar-refractivity contribution in [3.63, 3.8) is 0 Å². The zero-order chi connectivity index (χ0) is 18.1. The third-order valence-corrected chi connectivity index (χ3v) is 4.88. The first kappa shape index (κ1) is 16.8. The van der Waals surface area contributed by atoms with Crippen molar-refractivity contribution < 1.29 is 0 Å². The maximum Gasteiger partial charge on any atom is 0.225 e. The van der Waals surface area contributed by atoms with Gasteiger partial charge in [-0.05, 0) is 56.0 Å². The van der Waals surface area contributed by atoms with Gasteiger partial charge in [0.1, 0.15) is 5.82 Å². The van der Waals surface area contributed by atoms with Crippen LogP contribution < -0.4 is 10.6 Å². The van der Waals surface area contributed by atoms with Gasteiger partial charge in [-0.1, -0.05) is 17.7 Å². The average Bonchev–Trinajstić information content (AvgIpc) is 3.46. The lowest BCUT2D eigenvalue weighted by Gasteiger charge is -2.15. The zero-order valence-corrected chi connectivity index (χ0v) is 15.5. The van der Waals surface area contributed by atoms with Gasteiger partial charge in [-0.3, -0.25) is 4.98 Å². The fourth-order valence-corrected chi connectivity index (χ4v) is 2.96. The maximum atomic E-state index is 6.30. The molecule has 6 heteroatoms. The fourth-order valence-electron chi connectivity index (χ4n) is 2.80. The number of benzene rings is 1. The molecule has 0 amide bonds. The van der Waals surface area contributed by atoms with Gasteiger partial charge in [-0.15, -0.1) is 0 Å². The van der Waals surface area contributed by atoms with Gasteiger partial charge >= 0.3 is 0 Å². The molecule has 0 unspecified atom stereocenters. The molecule has 0 saturated heterocycles. The van der Waals surface area contributed by atoms with E-state index in [4.69, 9.17) is 11.6 Å². The third kappa shape index (κ3) is 3.63. The van der Waals surface area contributed by atoms with Crippen LogP contribution in [0, 0.1) is 13.8 Å². The molecule has 0 radical (unpaired) electrons. The summed E-state index contributed by atoms with van der Waals surface area (Å²) >= 11 is 6.30. The van der Waals surface area contributed by atoms with Crippen LogP contribution in [0.4, 0.5) is 17.5 Å². The van der Waals surface area contributed by atoms with Gasteiger partial charge in [0.15, 0.2) is 0 Å². The van der Waals surface area contributed by atoms with E-state index in [2.05, 4.69) is 32.5 Å². The highest BCUT2D eigenvalue weighted by Crippen LogP contribution is 2.31. The highest BCUT2D eigenvalue weighted by atomic mass is 35.5. The summed E-state index contributed by atoms with van der Waals surface area (Å²) in [4.78, 5) is 13.4. The Hall–Kier alpha value is -2.66. The van der Waals surface area contributed by atoms with Crippen LogP contribution in [0.5, 0.6) is 0 Å². The van der Waals surface area contributed by atoms with Crippen LogP contribution in [0.1, 0.15) is 24.0 Å². The molecule has 0 atom stereocenters. The summed E-state index contributed by atoms with van der Waals surface area (Å²) in [6.45, 7) is 4.06.